The van der Waals surface area contributed by atoms with Crippen LogP contribution in [0.2, 0.25) is 0 Å². The summed E-state index contributed by atoms with van der Waals surface area (Å²) in [6.07, 6.45) is 4.84. The summed E-state index contributed by atoms with van der Waals surface area (Å²) in [5.74, 6) is 0.358. The van der Waals surface area contributed by atoms with Gasteiger partial charge in [-0.05, 0) is 18.9 Å². The summed E-state index contributed by atoms with van der Waals surface area (Å²) in [6, 6.07) is 1.80. The zero-order valence-electron chi connectivity index (χ0n) is 9.63. The Hall–Kier alpha value is -2.24. The molecule has 0 atom stereocenters. The first-order valence-corrected chi connectivity index (χ1v) is 5.86. The third-order valence-corrected chi connectivity index (χ3v) is 4.04. The topological polar surface area (TPSA) is 72.7 Å². The van der Waals surface area contributed by atoms with Crippen LogP contribution >= 0.6 is 0 Å². The van der Waals surface area contributed by atoms with Gasteiger partial charge in [-0.25, -0.2) is 4.98 Å². The predicted octanol–water partition coefficient (Wildman–Crippen LogP) is 0.575. The lowest BCUT2D eigenvalue weighted by Crippen LogP contribution is -2.63. The molecule has 2 aromatic rings. The van der Waals surface area contributed by atoms with E-state index in [9.17, 15) is 4.79 Å². The van der Waals surface area contributed by atoms with Gasteiger partial charge in [0.1, 0.15) is 11.1 Å². The average molecular weight is 241 g/mol. The van der Waals surface area contributed by atoms with E-state index in [0.29, 0.717) is 11.6 Å². The van der Waals surface area contributed by atoms with Crippen molar-refractivity contribution in [2.45, 2.75) is 18.4 Å². The van der Waals surface area contributed by atoms with Gasteiger partial charge in [0.15, 0.2) is 5.65 Å². The Bertz CT molecular complexity index is 683. The van der Waals surface area contributed by atoms with E-state index in [1.54, 1.807) is 18.6 Å². The van der Waals surface area contributed by atoms with Crippen LogP contribution in [0.3, 0.4) is 0 Å². The summed E-state index contributed by atoms with van der Waals surface area (Å²) in [5, 5.41) is 10.8. The highest BCUT2D eigenvalue weighted by molar-refractivity contribution is 5.91. The van der Waals surface area contributed by atoms with Gasteiger partial charge >= 0.3 is 0 Å². The minimum Gasteiger partial charge on any atom is -0.328 e. The van der Waals surface area contributed by atoms with Crippen molar-refractivity contribution in [1.82, 2.24) is 25.1 Å². The highest BCUT2D eigenvalue weighted by Gasteiger charge is 2.57. The molecule has 1 saturated carbocycles. The molecule has 0 spiro atoms. The van der Waals surface area contributed by atoms with Crippen molar-refractivity contribution in [3.63, 3.8) is 0 Å². The number of imidazole rings is 1. The number of aromatic nitrogens is 4. The van der Waals surface area contributed by atoms with Crippen LogP contribution in [-0.2, 0) is 10.3 Å². The molecule has 0 aromatic carbocycles. The maximum atomic E-state index is 12.2. The molecular formula is C12H11N5O. The molecular weight excluding hydrogens is 230 g/mol. The monoisotopic (exact) mass is 241 g/mol. The third-order valence-electron chi connectivity index (χ3n) is 4.04. The summed E-state index contributed by atoms with van der Waals surface area (Å²) < 4.78 is 1.85. The summed E-state index contributed by atoms with van der Waals surface area (Å²) in [7, 11) is 0. The number of rotatable bonds is 1. The van der Waals surface area contributed by atoms with Gasteiger partial charge in [0, 0.05) is 11.6 Å². The molecule has 2 saturated heterocycles. The van der Waals surface area contributed by atoms with E-state index in [0.717, 1.165) is 24.1 Å². The molecule has 1 amide bonds. The lowest BCUT2D eigenvalue weighted by Gasteiger charge is -2.52. The van der Waals surface area contributed by atoms with E-state index in [1.165, 1.54) is 0 Å². The second kappa shape index (κ2) is 2.95. The molecule has 90 valence electrons. The second-order valence-electron chi connectivity index (χ2n) is 4.97. The minimum absolute atomic E-state index is 0.0139. The van der Waals surface area contributed by atoms with Gasteiger partial charge in [-0.1, -0.05) is 6.58 Å². The first-order valence-electron chi connectivity index (χ1n) is 5.86. The van der Waals surface area contributed by atoms with Crippen LogP contribution in [0.1, 0.15) is 12.8 Å². The molecule has 2 bridgehead atoms. The first kappa shape index (κ1) is 9.76. The number of hydrogen-bond donors (Lipinski definition) is 1. The maximum Gasteiger partial charge on any atom is 0.250 e. The molecule has 2 aromatic heterocycles. The number of hydrogen-bond acceptors (Lipinski definition) is 4. The molecule has 3 fully saturated rings. The molecule has 3 aliphatic rings. The fraction of sp³-hybridized carbons (Fsp3) is 0.333. The zero-order chi connectivity index (χ0) is 12.3. The van der Waals surface area contributed by atoms with Crippen molar-refractivity contribution in [2.75, 3.05) is 0 Å². The summed E-state index contributed by atoms with van der Waals surface area (Å²) in [6.45, 7) is 3.87. The number of carbonyl (C=O) groups is 1. The molecule has 0 radical (unpaired) electrons. The van der Waals surface area contributed by atoms with Crippen molar-refractivity contribution >= 4 is 17.1 Å². The van der Waals surface area contributed by atoms with Crippen molar-refractivity contribution in [3.05, 3.63) is 30.9 Å². The number of piperidine rings is 2. The molecule has 6 heteroatoms. The third kappa shape index (κ3) is 0.982. The fourth-order valence-corrected chi connectivity index (χ4v) is 2.94. The molecule has 5 rings (SSSR count). The van der Waals surface area contributed by atoms with Crippen molar-refractivity contribution in [2.24, 2.45) is 5.92 Å². The van der Waals surface area contributed by atoms with Crippen LogP contribution in [0.5, 0.6) is 0 Å². The molecule has 18 heavy (non-hydrogen) atoms. The maximum absolute atomic E-state index is 12.2. The van der Waals surface area contributed by atoms with Crippen molar-refractivity contribution in [3.8, 4) is 0 Å². The highest BCUT2D eigenvalue weighted by atomic mass is 16.2. The van der Waals surface area contributed by atoms with E-state index in [4.69, 9.17) is 0 Å². The minimum atomic E-state index is -0.545. The van der Waals surface area contributed by atoms with E-state index in [1.807, 2.05) is 4.57 Å². The Morgan fingerprint density at radius 1 is 1.50 bits per heavy atom. The Kier molecular flexibility index (Phi) is 1.60. The van der Waals surface area contributed by atoms with Gasteiger partial charge in [0.25, 0.3) is 5.91 Å². The molecule has 0 unspecified atom stereocenters. The number of fused-ring (bicyclic) bond motifs is 3. The molecule has 1 aliphatic carbocycles. The van der Waals surface area contributed by atoms with Gasteiger partial charge in [0.05, 0.1) is 12.5 Å². The predicted molar refractivity (Wildman–Crippen MR) is 63.3 cm³/mol. The van der Waals surface area contributed by atoms with E-state index in [-0.39, 0.29) is 5.91 Å². The van der Waals surface area contributed by atoms with Gasteiger partial charge in [-0.3, -0.25) is 9.36 Å². The lowest BCUT2D eigenvalue weighted by atomic mass is 9.63. The largest absolute Gasteiger partial charge is 0.328 e. The van der Waals surface area contributed by atoms with Crippen LogP contribution in [0, 0.1) is 5.92 Å². The Balaban J connectivity index is 1.89. The highest BCUT2D eigenvalue weighted by Crippen LogP contribution is 2.50. The normalized spacial score (nSPS) is 30.1. The Morgan fingerprint density at radius 3 is 3.11 bits per heavy atom. The number of nitrogens with zero attached hydrogens (tertiary/aromatic N) is 4. The van der Waals surface area contributed by atoms with Crippen LogP contribution in [0.15, 0.2) is 30.9 Å². The number of amides is 1. The van der Waals surface area contributed by atoms with Gasteiger partial charge in [-0.2, -0.15) is 5.10 Å². The quantitative estimate of drug-likeness (QED) is 0.792. The van der Waals surface area contributed by atoms with Crippen molar-refractivity contribution < 1.29 is 4.79 Å². The molecule has 4 heterocycles. The number of carbonyl (C=O) groups excluding carboxylic acids is 1. The van der Waals surface area contributed by atoms with Gasteiger partial charge in [-0.15, -0.1) is 5.10 Å². The van der Waals surface area contributed by atoms with Gasteiger partial charge < -0.3 is 5.32 Å². The number of nitrogens with one attached hydrogen (secondary N) is 1. The summed E-state index contributed by atoms with van der Waals surface area (Å²) in [4.78, 5) is 16.5. The van der Waals surface area contributed by atoms with E-state index >= 15 is 0 Å². The Labute approximate surface area is 103 Å². The van der Waals surface area contributed by atoms with Crippen LogP contribution < -0.4 is 5.32 Å². The zero-order valence-corrected chi connectivity index (χ0v) is 9.63. The smallest absolute Gasteiger partial charge is 0.250 e. The van der Waals surface area contributed by atoms with Gasteiger partial charge in [0.2, 0.25) is 0 Å². The standard InChI is InChI=1S/C12H11N5O/c1-7-8-4-12(5-8,11(18)15-7)17-6-13-9-2-3-14-16-10(9)17/h2-3,6,8H,1,4-5H2,(H,15,18). The van der Waals surface area contributed by atoms with Crippen molar-refractivity contribution in [1.29, 1.82) is 0 Å². The molecule has 1 N–H and O–H groups in total. The number of allylic oxidation sites excluding steroid dienone is 1. The SMILES string of the molecule is C=C1NC(=O)C2(n3cnc4ccnnc43)CC1C2. The first-order chi connectivity index (χ1) is 8.71. The van der Waals surface area contributed by atoms with E-state index in [2.05, 4.69) is 27.1 Å². The van der Waals surface area contributed by atoms with Crippen LogP contribution in [-0.4, -0.2) is 25.7 Å². The average Bonchev–Trinajstić information content (AvgIpc) is 2.71. The molecule has 2 aliphatic heterocycles. The summed E-state index contributed by atoms with van der Waals surface area (Å²) in [5.41, 5.74) is 1.72. The second-order valence-corrected chi connectivity index (χ2v) is 4.97. The van der Waals surface area contributed by atoms with E-state index < -0.39 is 5.54 Å². The van der Waals surface area contributed by atoms with Crippen LogP contribution in [0.4, 0.5) is 0 Å². The molecule has 6 nitrogen and oxygen atoms in total. The Morgan fingerprint density at radius 2 is 2.33 bits per heavy atom. The van der Waals surface area contributed by atoms with Crippen LogP contribution in [0.25, 0.3) is 11.2 Å². The fourth-order valence-electron chi connectivity index (χ4n) is 2.94. The summed E-state index contributed by atoms with van der Waals surface area (Å²) >= 11 is 0. The lowest BCUT2D eigenvalue weighted by molar-refractivity contribution is -0.140.